The van der Waals surface area contributed by atoms with Crippen LogP contribution in [0, 0.1) is 5.92 Å². The molecule has 1 aromatic heterocycles. The number of hydrogen-bond acceptors (Lipinski definition) is 9. The number of nitrogens with zero attached hydrogens (tertiary/aromatic N) is 1. The van der Waals surface area contributed by atoms with Crippen LogP contribution in [0.2, 0.25) is 0 Å². The normalized spacial score (nSPS) is 28.3. The van der Waals surface area contributed by atoms with E-state index in [0.29, 0.717) is 22.2 Å². The van der Waals surface area contributed by atoms with Crippen molar-refractivity contribution in [2.45, 2.75) is 36.1 Å². The van der Waals surface area contributed by atoms with Crippen LogP contribution in [0.25, 0.3) is 0 Å². The standard InChI is InChI=1S/C18H19N3O7S3/c1-6(22)11-14(24)21-12(17(27)28)18(31-15(11)21)29-7-4-8(19-5-7)13(23)20-10-3-2-9(30-10)16(25)26/h2-3,6-8,11,15,19,22H,4-5H2,1H3,(H,20,23)(H,25,26)(H,27,28)/t6?,7-,8-,11-,15+/m0/s1. The molecule has 31 heavy (non-hydrogen) atoms. The van der Waals surface area contributed by atoms with Gasteiger partial charge in [0.15, 0.2) is 5.70 Å². The Labute approximate surface area is 189 Å². The van der Waals surface area contributed by atoms with Crippen molar-refractivity contribution in [3.63, 3.8) is 0 Å². The highest BCUT2D eigenvalue weighted by Crippen LogP contribution is 2.55. The number of amides is 2. The maximum Gasteiger partial charge on any atom is 0.354 e. The molecule has 5 N–H and O–H groups in total. The predicted molar refractivity (Wildman–Crippen MR) is 116 cm³/mol. The zero-order valence-electron chi connectivity index (χ0n) is 16.1. The number of thiophene rings is 1. The molecule has 0 bridgehead atoms. The Balaban J connectivity index is 1.38. The number of thioether (sulfide) groups is 2. The van der Waals surface area contributed by atoms with Crippen LogP contribution in [-0.4, -0.2) is 73.3 Å². The van der Waals surface area contributed by atoms with Crippen molar-refractivity contribution < 1.29 is 34.5 Å². The molecule has 5 atom stereocenters. The first kappa shape index (κ1) is 22.1. The average molecular weight is 486 g/mol. The van der Waals surface area contributed by atoms with Gasteiger partial charge in [0, 0.05) is 11.8 Å². The topological polar surface area (TPSA) is 156 Å². The first-order valence-corrected chi connectivity index (χ1v) is 11.9. The molecule has 0 aliphatic carbocycles. The molecule has 13 heteroatoms. The van der Waals surface area contributed by atoms with Crippen molar-refractivity contribution in [1.82, 2.24) is 10.2 Å². The molecule has 2 saturated heterocycles. The van der Waals surface area contributed by atoms with Crippen molar-refractivity contribution in [1.29, 1.82) is 0 Å². The zero-order chi connectivity index (χ0) is 22.4. The van der Waals surface area contributed by atoms with Crippen LogP contribution in [0.1, 0.15) is 23.0 Å². The number of carboxylic acids is 2. The lowest BCUT2D eigenvalue weighted by Crippen LogP contribution is -2.60. The fraction of sp³-hybridized carbons (Fsp3) is 0.444. The SMILES string of the molecule is CC(O)[C@H]1C(=O)N2C(C(=O)O)=C(S[C@@H]3CN[C@H](C(=O)Nc4ccc(C(=O)O)s4)C3)S[C@H]12. The number of carbonyl (C=O) groups is 4. The Morgan fingerprint density at radius 3 is 2.65 bits per heavy atom. The number of aliphatic carboxylic acids is 1. The summed E-state index contributed by atoms with van der Waals surface area (Å²) in [6.07, 6.45) is -0.413. The predicted octanol–water partition coefficient (Wildman–Crippen LogP) is 1.01. The van der Waals surface area contributed by atoms with Crippen LogP contribution in [-0.2, 0) is 14.4 Å². The molecule has 3 aliphatic rings. The number of aliphatic hydroxyl groups excluding tert-OH is 1. The summed E-state index contributed by atoms with van der Waals surface area (Å²) >= 11 is 3.56. The van der Waals surface area contributed by atoms with E-state index in [1.165, 1.54) is 47.5 Å². The van der Waals surface area contributed by atoms with Gasteiger partial charge in [0.2, 0.25) is 11.8 Å². The van der Waals surface area contributed by atoms with Gasteiger partial charge in [-0.25, -0.2) is 9.59 Å². The lowest BCUT2D eigenvalue weighted by atomic mass is 9.92. The molecule has 0 spiro atoms. The summed E-state index contributed by atoms with van der Waals surface area (Å²) in [7, 11) is 0. The number of β-lactam (4-membered cyclic amide) rings is 1. The number of aliphatic hydroxyl groups is 1. The first-order chi connectivity index (χ1) is 14.7. The van der Waals surface area contributed by atoms with Crippen LogP contribution in [0.5, 0.6) is 0 Å². The van der Waals surface area contributed by atoms with Crippen LogP contribution in [0.4, 0.5) is 5.00 Å². The maximum atomic E-state index is 12.5. The van der Waals surface area contributed by atoms with Crippen molar-refractivity contribution in [3.8, 4) is 0 Å². The van der Waals surface area contributed by atoms with Gasteiger partial charge in [-0.15, -0.1) is 23.1 Å². The van der Waals surface area contributed by atoms with Crippen molar-refractivity contribution >= 4 is 63.6 Å². The van der Waals surface area contributed by atoms with Crippen LogP contribution < -0.4 is 10.6 Å². The molecule has 3 aliphatic heterocycles. The van der Waals surface area contributed by atoms with Gasteiger partial charge in [0.05, 0.1) is 27.3 Å². The molecule has 166 valence electrons. The fourth-order valence-electron chi connectivity index (χ4n) is 3.70. The van der Waals surface area contributed by atoms with Gasteiger partial charge >= 0.3 is 11.9 Å². The van der Waals surface area contributed by atoms with Crippen molar-refractivity contribution in [3.05, 3.63) is 26.9 Å². The van der Waals surface area contributed by atoms with E-state index >= 15 is 0 Å². The maximum absolute atomic E-state index is 12.5. The van der Waals surface area contributed by atoms with E-state index in [2.05, 4.69) is 10.6 Å². The number of nitrogens with one attached hydrogen (secondary N) is 2. The van der Waals surface area contributed by atoms with Crippen molar-refractivity contribution in [2.75, 3.05) is 11.9 Å². The number of aromatic carboxylic acids is 1. The molecular weight excluding hydrogens is 466 g/mol. The van der Waals surface area contributed by atoms with E-state index in [1.54, 1.807) is 0 Å². The molecule has 2 fully saturated rings. The van der Waals surface area contributed by atoms with Gasteiger partial charge in [-0.05, 0) is 25.5 Å². The Morgan fingerprint density at radius 2 is 2.03 bits per heavy atom. The second kappa shape index (κ2) is 8.47. The van der Waals surface area contributed by atoms with Crippen LogP contribution in [0.15, 0.2) is 22.1 Å². The molecular formula is C18H19N3O7S3. The molecule has 4 rings (SSSR count). The summed E-state index contributed by atoms with van der Waals surface area (Å²) < 4.78 is 0.506. The molecule has 1 aromatic rings. The monoisotopic (exact) mass is 485 g/mol. The summed E-state index contributed by atoms with van der Waals surface area (Å²) in [5, 5.41) is 34.1. The second-order valence-electron chi connectivity index (χ2n) is 7.32. The molecule has 4 heterocycles. The number of carbonyl (C=O) groups excluding carboxylic acids is 2. The van der Waals surface area contributed by atoms with E-state index in [4.69, 9.17) is 5.11 Å². The Bertz CT molecular complexity index is 992. The van der Waals surface area contributed by atoms with Gasteiger partial charge in [-0.2, -0.15) is 0 Å². The summed E-state index contributed by atoms with van der Waals surface area (Å²) in [5.74, 6) is -3.56. The number of hydrogen-bond donors (Lipinski definition) is 5. The third-order valence-electron chi connectivity index (χ3n) is 5.21. The fourth-order valence-corrected chi connectivity index (χ4v) is 7.77. The number of rotatable bonds is 7. The summed E-state index contributed by atoms with van der Waals surface area (Å²) in [5.41, 5.74) is -0.0606. The zero-order valence-corrected chi connectivity index (χ0v) is 18.6. The molecule has 0 radical (unpaired) electrons. The summed E-state index contributed by atoms with van der Waals surface area (Å²) in [4.78, 5) is 48.9. The van der Waals surface area contributed by atoms with E-state index in [9.17, 15) is 29.4 Å². The van der Waals surface area contributed by atoms with Gasteiger partial charge in [-0.1, -0.05) is 11.8 Å². The summed E-state index contributed by atoms with van der Waals surface area (Å²) in [6, 6.07) is 2.45. The largest absolute Gasteiger partial charge is 0.477 e. The minimum Gasteiger partial charge on any atom is -0.477 e. The Hall–Kier alpha value is -2.06. The molecule has 2 amide bonds. The van der Waals surface area contributed by atoms with Gasteiger partial charge in [0.25, 0.3) is 0 Å². The Morgan fingerprint density at radius 1 is 1.29 bits per heavy atom. The quantitative estimate of drug-likeness (QED) is 0.353. The first-order valence-electron chi connectivity index (χ1n) is 9.36. The highest BCUT2D eigenvalue weighted by atomic mass is 32.2. The van der Waals surface area contributed by atoms with Gasteiger partial charge < -0.3 is 26.0 Å². The van der Waals surface area contributed by atoms with Gasteiger partial charge in [-0.3, -0.25) is 14.5 Å². The van der Waals surface area contributed by atoms with Crippen LogP contribution >= 0.6 is 34.9 Å². The lowest BCUT2D eigenvalue weighted by Gasteiger charge is -2.43. The molecule has 0 saturated carbocycles. The number of fused-ring (bicyclic) bond motifs is 1. The second-order valence-corrected chi connectivity index (χ2v) is 11.1. The lowest BCUT2D eigenvalue weighted by molar-refractivity contribution is -0.156. The number of carboxylic acid groups (broad SMARTS) is 2. The highest BCUT2D eigenvalue weighted by Gasteiger charge is 2.58. The van der Waals surface area contributed by atoms with Gasteiger partial charge in [0.1, 0.15) is 10.3 Å². The third kappa shape index (κ3) is 4.07. The third-order valence-corrected chi connectivity index (χ3v) is 9.03. The minimum atomic E-state index is -1.19. The molecule has 10 nitrogen and oxygen atoms in total. The van der Waals surface area contributed by atoms with Crippen LogP contribution in [0.3, 0.4) is 0 Å². The molecule has 0 aromatic carbocycles. The minimum absolute atomic E-state index is 0.0606. The van der Waals surface area contributed by atoms with Crippen molar-refractivity contribution in [2.24, 2.45) is 5.92 Å². The smallest absolute Gasteiger partial charge is 0.354 e. The average Bonchev–Trinajstić information content (AvgIpc) is 3.39. The van der Waals surface area contributed by atoms with E-state index in [-0.39, 0.29) is 27.6 Å². The van der Waals surface area contributed by atoms with E-state index < -0.39 is 35.4 Å². The summed E-state index contributed by atoms with van der Waals surface area (Å²) in [6.45, 7) is 1.99. The Kier molecular flexibility index (Phi) is 6.05. The number of anilines is 1. The molecule has 1 unspecified atom stereocenters. The van der Waals surface area contributed by atoms with E-state index in [0.717, 1.165) is 11.3 Å². The van der Waals surface area contributed by atoms with E-state index in [1.807, 2.05) is 0 Å². The highest BCUT2D eigenvalue weighted by molar-refractivity contribution is 8.23.